The molecular weight excluding hydrogens is 322 g/mol. The molecule has 132 valence electrons. The van der Waals surface area contributed by atoms with Crippen molar-refractivity contribution in [3.63, 3.8) is 0 Å². The number of nitrogens with one attached hydrogen (secondary N) is 1. The number of carboxylic acids is 1. The Morgan fingerprint density at radius 3 is 2.72 bits per heavy atom. The zero-order chi connectivity index (χ0) is 18.2. The van der Waals surface area contributed by atoms with Gasteiger partial charge in [0.25, 0.3) is 5.91 Å². The fraction of sp³-hybridized carbons (Fsp3) is 0.333. The molecule has 0 aliphatic heterocycles. The first-order chi connectivity index (χ1) is 12.0. The topological polar surface area (TPSA) is 101 Å². The molecule has 0 saturated heterocycles. The third-order valence-corrected chi connectivity index (χ3v) is 3.47. The van der Waals surface area contributed by atoms with Gasteiger partial charge in [-0.15, -0.1) is 0 Å². The van der Waals surface area contributed by atoms with Gasteiger partial charge in [0.2, 0.25) is 5.88 Å². The molecule has 1 aromatic heterocycles. The maximum atomic E-state index is 12.3. The number of benzene rings is 1. The average Bonchev–Trinajstić information content (AvgIpc) is 2.59. The largest absolute Gasteiger partial charge is 0.481 e. The number of carbonyl (C=O) groups excluding carboxylic acids is 1. The Morgan fingerprint density at radius 2 is 2.08 bits per heavy atom. The maximum Gasteiger partial charge on any atom is 0.308 e. The number of carbonyl (C=O) groups is 2. The van der Waals surface area contributed by atoms with Crippen molar-refractivity contribution in [1.29, 1.82) is 0 Å². The molecule has 0 saturated carbocycles. The van der Waals surface area contributed by atoms with Crippen molar-refractivity contribution < 1.29 is 19.4 Å². The molecule has 7 heteroatoms. The molecule has 0 fully saturated rings. The second-order valence-electron chi connectivity index (χ2n) is 6.05. The van der Waals surface area contributed by atoms with Gasteiger partial charge in [-0.25, -0.2) is 4.98 Å². The molecule has 1 aromatic carbocycles. The number of hydrogen-bond acceptors (Lipinski definition) is 5. The smallest absolute Gasteiger partial charge is 0.308 e. The molecule has 1 heterocycles. The number of ether oxygens (including phenoxy) is 1. The minimum atomic E-state index is -0.909. The summed E-state index contributed by atoms with van der Waals surface area (Å²) >= 11 is 0. The molecule has 0 aliphatic rings. The highest BCUT2D eigenvalue weighted by Gasteiger charge is 2.20. The molecule has 0 radical (unpaired) electrons. The number of aliphatic carboxylic acids is 1. The first-order valence-corrected chi connectivity index (χ1v) is 8.00. The summed E-state index contributed by atoms with van der Waals surface area (Å²) in [5.74, 6) is -0.855. The summed E-state index contributed by atoms with van der Waals surface area (Å²) in [5.41, 5.74) is 0.384. The molecule has 2 rings (SSSR count). The number of aromatic nitrogens is 2. The van der Waals surface area contributed by atoms with Gasteiger partial charge in [0.1, 0.15) is 5.75 Å². The standard InChI is InChI=1S/C18H21N3O4/c1-12(2)8-14(18(23)24)10-21-17(22)13-4-3-5-15(9-13)25-16-11-19-6-7-20-16/h3-7,9,11-12,14H,8,10H2,1-2H3,(H,21,22)(H,23,24). The summed E-state index contributed by atoms with van der Waals surface area (Å²) in [6.07, 6.45) is 5.01. The minimum Gasteiger partial charge on any atom is -0.481 e. The van der Waals surface area contributed by atoms with Crippen molar-refractivity contribution in [2.24, 2.45) is 11.8 Å². The first kappa shape index (κ1) is 18.4. The van der Waals surface area contributed by atoms with E-state index in [1.165, 1.54) is 18.6 Å². The van der Waals surface area contributed by atoms with E-state index in [0.29, 0.717) is 23.6 Å². The van der Waals surface area contributed by atoms with Crippen LogP contribution < -0.4 is 10.1 Å². The zero-order valence-corrected chi connectivity index (χ0v) is 14.2. The summed E-state index contributed by atoms with van der Waals surface area (Å²) in [6, 6.07) is 6.59. The van der Waals surface area contributed by atoms with E-state index in [4.69, 9.17) is 4.74 Å². The van der Waals surface area contributed by atoms with Crippen molar-refractivity contribution in [2.75, 3.05) is 6.54 Å². The highest BCUT2D eigenvalue weighted by Crippen LogP contribution is 2.19. The first-order valence-electron chi connectivity index (χ1n) is 8.00. The predicted octanol–water partition coefficient (Wildman–Crippen LogP) is 2.75. The van der Waals surface area contributed by atoms with E-state index in [-0.39, 0.29) is 18.4 Å². The van der Waals surface area contributed by atoms with Gasteiger partial charge >= 0.3 is 5.97 Å². The van der Waals surface area contributed by atoms with Crippen molar-refractivity contribution in [3.05, 3.63) is 48.4 Å². The number of nitrogens with zero attached hydrogens (tertiary/aromatic N) is 2. The number of carboxylic acid groups (broad SMARTS) is 1. The van der Waals surface area contributed by atoms with Gasteiger partial charge in [0, 0.05) is 24.5 Å². The molecule has 7 nitrogen and oxygen atoms in total. The van der Waals surface area contributed by atoms with Crippen molar-refractivity contribution in [3.8, 4) is 11.6 Å². The van der Waals surface area contributed by atoms with E-state index in [0.717, 1.165) is 0 Å². The van der Waals surface area contributed by atoms with Crippen LogP contribution in [0.25, 0.3) is 0 Å². The van der Waals surface area contributed by atoms with E-state index in [2.05, 4.69) is 15.3 Å². The second kappa shape index (κ2) is 8.77. The number of amides is 1. The molecule has 0 spiro atoms. The minimum absolute atomic E-state index is 0.0849. The van der Waals surface area contributed by atoms with Crippen LogP contribution in [0.3, 0.4) is 0 Å². The van der Waals surface area contributed by atoms with Crippen LogP contribution in [0.15, 0.2) is 42.9 Å². The van der Waals surface area contributed by atoms with Crippen LogP contribution in [-0.2, 0) is 4.79 Å². The summed E-state index contributed by atoms with van der Waals surface area (Å²) in [5, 5.41) is 11.9. The Morgan fingerprint density at radius 1 is 1.28 bits per heavy atom. The lowest BCUT2D eigenvalue weighted by Gasteiger charge is -2.15. The van der Waals surface area contributed by atoms with Crippen LogP contribution in [0.5, 0.6) is 11.6 Å². The predicted molar refractivity (Wildman–Crippen MR) is 91.5 cm³/mol. The fourth-order valence-electron chi connectivity index (χ4n) is 2.32. The molecule has 0 bridgehead atoms. The quantitative estimate of drug-likeness (QED) is 0.764. The average molecular weight is 343 g/mol. The molecule has 1 unspecified atom stereocenters. The van der Waals surface area contributed by atoms with Crippen LogP contribution in [0.1, 0.15) is 30.6 Å². The molecule has 2 N–H and O–H groups in total. The van der Waals surface area contributed by atoms with Crippen LogP contribution in [0.4, 0.5) is 0 Å². The van der Waals surface area contributed by atoms with Crippen molar-refractivity contribution in [2.45, 2.75) is 20.3 Å². The van der Waals surface area contributed by atoms with Crippen molar-refractivity contribution in [1.82, 2.24) is 15.3 Å². The van der Waals surface area contributed by atoms with Crippen molar-refractivity contribution >= 4 is 11.9 Å². The van der Waals surface area contributed by atoms with E-state index >= 15 is 0 Å². The molecule has 1 amide bonds. The lowest BCUT2D eigenvalue weighted by atomic mass is 9.97. The SMILES string of the molecule is CC(C)CC(CNC(=O)c1cccc(Oc2cnccn2)c1)C(=O)O. The Labute approximate surface area is 146 Å². The molecule has 1 atom stereocenters. The van der Waals surface area contributed by atoms with E-state index in [9.17, 15) is 14.7 Å². The van der Waals surface area contributed by atoms with Gasteiger partial charge in [-0.2, -0.15) is 0 Å². The highest BCUT2D eigenvalue weighted by molar-refractivity contribution is 5.94. The monoisotopic (exact) mass is 343 g/mol. The third kappa shape index (κ3) is 5.87. The van der Waals surface area contributed by atoms with E-state index in [1.54, 1.807) is 24.3 Å². The van der Waals surface area contributed by atoms with Gasteiger partial charge in [-0.3, -0.25) is 14.6 Å². The fourth-order valence-corrected chi connectivity index (χ4v) is 2.32. The lowest BCUT2D eigenvalue weighted by molar-refractivity contribution is -0.142. The Bertz CT molecular complexity index is 719. The number of rotatable bonds is 8. The summed E-state index contributed by atoms with van der Waals surface area (Å²) in [7, 11) is 0. The van der Waals surface area contributed by atoms with Crippen LogP contribution in [-0.4, -0.2) is 33.5 Å². The van der Waals surface area contributed by atoms with Gasteiger partial charge in [-0.1, -0.05) is 19.9 Å². The van der Waals surface area contributed by atoms with Gasteiger partial charge in [0.05, 0.1) is 12.1 Å². The Kier molecular flexibility index (Phi) is 6.45. The summed E-state index contributed by atoms with van der Waals surface area (Å²) in [4.78, 5) is 31.4. The van der Waals surface area contributed by atoms with Gasteiger partial charge in [0.15, 0.2) is 0 Å². The normalized spacial score (nSPS) is 11.8. The lowest BCUT2D eigenvalue weighted by Crippen LogP contribution is -2.33. The highest BCUT2D eigenvalue weighted by atomic mass is 16.5. The van der Waals surface area contributed by atoms with Gasteiger partial charge in [-0.05, 0) is 30.5 Å². The third-order valence-electron chi connectivity index (χ3n) is 3.47. The zero-order valence-electron chi connectivity index (χ0n) is 14.2. The van der Waals surface area contributed by atoms with Gasteiger partial charge < -0.3 is 15.2 Å². The van der Waals surface area contributed by atoms with E-state index < -0.39 is 11.9 Å². The summed E-state index contributed by atoms with van der Waals surface area (Å²) in [6.45, 7) is 3.98. The molecule has 2 aromatic rings. The van der Waals surface area contributed by atoms with Crippen LogP contribution in [0, 0.1) is 11.8 Å². The Balaban J connectivity index is 1.99. The molecule has 0 aliphatic carbocycles. The Hall–Kier alpha value is -2.96. The summed E-state index contributed by atoms with van der Waals surface area (Å²) < 4.78 is 5.54. The van der Waals surface area contributed by atoms with Crippen LogP contribution in [0.2, 0.25) is 0 Å². The maximum absolute atomic E-state index is 12.3. The molecule has 25 heavy (non-hydrogen) atoms. The molecular formula is C18H21N3O4. The number of hydrogen-bond donors (Lipinski definition) is 2. The van der Waals surface area contributed by atoms with E-state index in [1.807, 2.05) is 13.8 Å². The second-order valence-corrected chi connectivity index (χ2v) is 6.05. The van der Waals surface area contributed by atoms with Crippen LogP contribution >= 0.6 is 0 Å².